The van der Waals surface area contributed by atoms with Crippen molar-refractivity contribution in [3.63, 3.8) is 0 Å². The molecule has 2 fully saturated rings. The van der Waals surface area contributed by atoms with Crippen LogP contribution in [0.2, 0.25) is 0 Å². The monoisotopic (exact) mass is 220 g/mol. The zero-order valence-corrected chi connectivity index (χ0v) is 10.2. The maximum atomic E-state index is 3.69. The lowest BCUT2D eigenvalue weighted by Gasteiger charge is -2.36. The average molecular weight is 220 g/mol. The molecule has 1 saturated carbocycles. The van der Waals surface area contributed by atoms with E-state index in [1.807, 2.05) is 0 Å². The number of rotatable bonds is 3. The molecule has 1 aliphatic heterocycles. The molecule has 3 aliphatic rings. The van der Waals surface area contributed by atoms with Crippen LogP contribution in [0.15, 0.2) is 12.2 Å². The molecule has 16 heavy (non-hydrogen) atoms. The summed E-state index contributed by atoms with van der Waals surface area (Å²) in [7, 11) is 0. The summed E-state index contributed by atoms with van der Waals surface area (Å²) in [5, 5.41) is 3.69. The number of allylic oxidation sites excluding steroid dienone is 2. The second-order valence-electron chi connectivity index (χ2n) is 5.81. The summed E-state index contributed by atoms with van der Waals surface area (Å²) in [4.78, 5) is 2.71. The Bertz CT molecular complexity index is 257. The predicted octanol–water partition coefficient (Wildman–Crippen LogP) is 2.03. The van der Waals surface area contributed by atoms with E-state index in [4.69, 9.17) is 0 Å². The molecule has 2 atom stereocenters. The lowest BCUT2D eigenvalue weighted by atomic mass is 9.93. The molecule has 2 aliphatic carbocycles. The lowest BCUT2D eigenvalue weighted by molar-refractivity contribution is 0.160. The fourth-order valence-corrected chi connectivity index (χ4v) is 3.21. The zero-order chi connectivity index (χ0) is 10.8. The van der Waals surface area contributed by atoms with Gasteiger partial charge in [-0.3, -0.25) is 0 Å². The van der Waals surface area contributed by atoms with Crippen molar-refractivity contribution in [2.45, 2.75) is 38.1 Å². The zero-order valence-electron chi connectivity index (χ0n) is 10.2. The van der Waals surface area contributed by atoms with Crippen LogP contribution in [0.25, 0.3) is 0 Å². The maximum absolute atomic E-state index is 3.69. The summed E-state index contributed by atoms with van der Waals surface area (Å²) in [6, 6.07) is 0.813. The number of piperazine rings is 1. The summed E-state index contributed by atoms with van der Waals surface area (Å²) in [6.07, 6.45) is 11.7. The van der Waals surface area contributed by atoms with E-state index in [9.17, 15) is 0 Å². The van der Waals surface area contributed by atoms with Gasteiger partial charge in [-0.1, -0.05) is 12.2 Å². The first-order valence-corrected chi connectivity index (χ1v) is 7.02. The highest BCUT2D eigenvalue weighted by atomic mass is 15.2. The quantitative estimate of drug-likeness (QED) is 0.732. The van der Waals surface area contributed by atoms with Gasteiger partial charge in [-0.15, -0.1) is 0 Å². The van der Waals surface area contributed by atoms with Gasteiger partial charge in [-0.25, -0.2) is 0 Å². The average Bonchev–Trinajstić information content (AvgIpc) is 3.15. The number of nitrogens with one attached hydrogen (secondary N) is 1. The van der Waals surface area contributed by atoms with Crippen LogP contribution >= 0.6 is 0 Å². The van der Waals surface area contributed by atoms with E-state index < -0.39 is 0 Å². The molecule has 0 aromatic rings. The summed E-state index contributed by atoms with van der Waals surface area (Å²) >= 11 is 0. The van der Waals surface area contributed by atoms with Gasteiger partial charge in [0.1, 0.15) is 0 Å². The number of hydrogen-bond acceptors (Lipinski definition) is 2. The molecular weight excluding hydrogens is 196 g/mol. The largest absolute Gasteiger partial charge is 0.311 e. The normalized spacial score (nSPS) is 36.5. The minimum absolute atomic E-state index is 0.813. The highest BCUT2D eigenvalue weighted by Crippen LogP contribution is 2.34. The minimum atomic E-state index is 0.813. The molecule has 0 aromatic heterocycles. The summed E-state index contributed by atoms with van der Waals surface area (Å²) < 4.78 is 0. The van der Waals surface area contributed by atoms with Gasteiger partial charge in [0, 0.05) is 32.2 Å². The van der Waals surface area contributed by atoms with E-state index >= 15 is 0 Å². The van der Waals surface area contributed by atoms with Crippen LogP contribution < -0.4 is 5.32 Å². The SMILES string of the molecule is C1=CCC(CN2CCNC(C3CC3)C2)CC1. The van der Waals surface area contributed by atoms with Gasteiger partial charge in [0.25, 0.3) is 0 Å². The Morgan fingerprint density at radius 3 is 2.88 bits per heavy atom. The molecule has 1 N–H and O–H groups in total. The molecule has 0 aromatic carbocycles. The van der Waals surface area contributed by atoms with Crippen molar-refractivity contribution in [1.82, 2.24) is 10.2 Å². The first-order chi connectivity index (χ1) is 7.92. The van der Waals surface area contributed by atoms with Crippen LogP contribution in [0.1, 0.15) is 32.1 Å². The Morgan fingerprint density at radius 1 is 1.19 bits per heavy atom. The van der Waals surface area contributed by atoms with Crippen molar-refractivity contribution in [2.75, 3.05) is 26.2 Å². The van der Waals surface area contributed by atoms with E-state index in [-0.39, 0.29) is 0 Å². The van der Waals surface area contributed by atoms with Crippen LogP contribution in [0, 0.1) is 11.8 Å². The van der Waals surface area contributed by atoms with Crippen LogP contribution in [0.4, 0.5) is 0 Å². The van der Waals surface area contributed by atoms with Crippen LogP contribution in [-0.4, -0.2) is 37.1 Å². The van der Waals surface area contributed by atoms with Crippen molar-refractivity contribution in [2.24, 2.45) is 11.8 Å². The topological polar surface area (TPSA) is 15.3 Å². The van der Waals surface area contributed by atoms with E-state index in [0.717, 1.165) is 17.9 Å². The summed E-state index contributed by atoms with van der Waals surface area (Å²) in [5.74, 6) is 1.94. The second kappa shape index (κ2) is 4.89. The van der Waals surface area contributed by atoms with E-state index in [1.165, 1.54) is 58.3 Å². The molecule has 2 heteroatoms. The van der Waals surface area contributed by atoms with Gasteiger partial charge in [-0.2, -0.15) is 0 Å². The van der Waals surface area contributed by atoms with E-state index in [0.29, 0.717) is 0 Å². The molecule has 90 valence electrons. The molecule has 3 rings (SSSR count). The molecule has 0 amide bonds. The van der Waals surface area contributed by atoms with Gasteiger partial charge in [0.15, 0.2) is 0 Å². The Morgan fingerprint density at radius 2 is 2.12 bits per heavy atom. The third-order valence-electron chi connectivity index (χ3n) is 4.37. The summed E-state index contributed by atoms with van der Waals surface area (Å²) in [5.41, 5.74) is 0. The van der Waals surface area contributed by atoms with Gasteiger partial charge in [-0.05, 0) is 43.9 Å². The minimum Gasteiger partial charge on any atom is -0.311 e. The lowest BCUT2D eigenvalue weighted by Crippen LogP contribution is -2.52. The molecular formula is C14H24N2. The highest BCUT2D eigenvalue weighted by Gasteiger charge is 2.34. The molecule has 1 heterocycles. The first-order valence-electron chi connectivity index (χ1n) is 7.02. The molecule has 0 bridgehead atoms. The van der Waals surface area contributed by atoms with Crippen LogP contribution in [0.3, 0.4) is 0 Å². The Labute approximate surface area is 99.1 Å². The molecule has 2 unspecified atom stereocenters. The maximum Gasteiger partial charge on any atom is 0.0223 e. The van der Waals surface area contributed by atoms with Crippen molar-refractivity contribution < 1.29 is 0 Å². The van der Waals surface area contributed by atoms with Gasteiger partial charge in [0.2, 0.25) is 0 Å². The van der Waals surface area contributed by atoms with Gasteiger partial charge >= 0.3 is 0 Å². The van der Waals surface area contributed by atoms with Crippen molar-refractivity contribution in [3.05, 3.63) is 12.2 Å². The Hall–Kier alpha value is -0.340. The third-order valence-corrected chi connectivity index (χ3v) is 4.37. The third kappa shape index (κ3) is 2.67. The molecule has 1 saturated heterocycles. The van der Waals surface area contributed by atoms with Gasteiger partial charge < -0.3 is 10.2 Å². The second-order valence-corrected chi connectivity index (χ2v) is 5.81. The standard InChI is InChI=1S/C14H24N2/c1-2-4-12(5-3-1)10-16-9-8-15-14(11-16)13-6-7-13/h1-2,12-15H,3-11H2. The van der Waals surface area contributed by atoms with Crippen molar-refractivity contribution >= 4 is 0 Å². The highest BCUT2D eigenvalue weighted by molar-refractivity contribution is 4.94. The van der Waals surface area contributed by atoms with Crippen molar-refractivity contribution in [3.8, 4) is 0 Å². The van der Waals surface area contributed by atoms with Crippen LogP contribution in [-0.2, 0) is 0 Å². The van der Waals surface area contributed by atoms with Crippen molar-refractivity contribution in [1.29, 1.82) is 0 Å². The Balaban J connectivity index is 1.48. The first kappa shape index (κ1) is 10.8. The van der Waals surface area contributed by atoms with Crippen LogP contribution in [0.5, 0.6) is 0 Å². The predicted molar refractivity (Wildman–Crippen MR) is 67.4 cm³/mol. The smallest absolute Gasteiger partial charge is 0.0223 e. The molecule has 0 radical (unpaired) electrons. The van der Waals surface area contributed by atoms with E-state index in [2.05, 4.69) is 22.4 Å². The number of nitrogens with zero attached hydrogens (tertiary/aromatic N) is 1. The summed E-state index contributed by atoms with van der Waals surface area (Å²) in [6.45, 7) is 5.13. The fraction of sp³-hybridized carbons (Fsp3) is 0.857. The Kier molecular flexibility index (Phi) is 3.30. The number of hydrogen-bond donors (Lipinski definition) is 1. The molecule has 2 nitrogen and oxygen atoms in total. The molecule has 0 spiro atoms. The van der Waals surface area contributed by atoms with E-state index in [1.54, 1.807) is 0 Å². The van der Waals surface area contributed by atoms with Gasteiger partial charge in [0.05, 0.1) is 0 Å². The fourth-order valence-electron chi connectivity index (χ4n) is 3.21.